The topological polar surface area (TPSA) is 73.8 Å². The van der Waals surface area contributed by atoms with Gasteiger partial charge in [-0.2, -0.15) is 0 Å². The van der Waals surface area contributed by atoms with E-state index in [1.54, 1.807) is 11.3 Å². The Morgan fingerprint density at radius 3 is 1.78 bits per heavy atom. The molecule has 0 fully saturated rings. The molecular weight excluding hydrogens is 643 g/mol. The van der Waals surface area contributed by atoms with E-state index in [1.807, 2.05) is 72.8 Å². The number of ether oxygens (including phenoxy) is 2. The van der Waals surface area contributed by atoms with Gasteiger partial charge in [0.05, 0.1) is 11.4 Å². The maximum absolute atomic E-state index is 6.80. The smallest absolute Gasteiger partial charge is 0.227 e. The van der Waals surface area contributed by atoms with Crippen LogP contribution in [0.25, 0.3) is 76.1 Å². The Balaban J connectivity index is 1.09. The summed E-state index contributed by atoms with van der Waals surface area (Å²) in [6, 6.07) is 43.1. The molecule has 7 nitrogen and oxygen atoms in total. The second-order valence-electron chi connectivity index (χ2n) is 12.6. The molecule has 0 radical (unpaired) electrons. The lowest BCUT2D eigenvalue weighted by molar-refractivity contribution is 0.446. The van der Waals surface area contributed by atoms with Crippen molar-refractivity contribution in [2.45, 2.75) is 0 Å². The molecule has 0 amide bonds. The Bertz CT molecular complexity index is 3020. The zero-order chi connectivity index (χ0) is 32.5. The largest absolute Gasteiger partial charge is 0.453 e. The molecule has 3 aromatic heterocycles. The number of hydrogen-bond donors (Lipinski definition) is 0. The van der Waals surface area contributed by atoms with E-state index in [0.29, 0.717) is 29.0 Å². The van der Waals surface area contributed by atoms with E-state index < -0.39 is 0 Å². The third-order valence-corrected chi connectivity index (χ3v) is 10.8. The van der Waals surface area contributed by atoms with Crippen LogP contribution >= 0.6 is 11.3 Å². The fourth-order valence-electron chi connectivity index (χ4n) is 7.33. The van der Waals surface area contributed by atoms with Crippen molar-refractivity contribution < 1.29 is 18.3 Å². The average Bonchev–Trinajstić information content (AvgIpc) is 3.87. The summed E-state index contributed by atoms with van der Waals surface area (Å²) in [5.41, 5.74) is 7.28. The zero-order valence-corrected chi connectivity index (χ0v) is 26.8. The first kappa shape index (κ1) is 26.3. The number of hydrogen-bond acceptors (Lipinski definition) is 8. The molecule has 2 aliphatic rings. The summed E-state index contributed by atoms with van der Waals surface area (Å²) in [4.78, 5) is 11.8. The van der Waals surface area contributed by atoms with E-state index in [-0.39, 0.29) is 0 Å². The third kappa shape index (κ3) is 3.68. The number of anilines is 3. The molecule has 12 rings (SSSR count). The van der Waals surface area contributed by atoms with Crippen LogP contribution in [0.1, 0.15) is 0 Å². The summed E-state index contributed by atoms with van der Waals surface area (Å²) in [7, 11) is 0. The molecule has 0 N–H and O–H groups in total. The van der Waals surface area contributed by atoms with E-state index in [9.17, 15) is 0 Å². The van der Waals surface area contributed by atoms with E-state index in [4.69, 9.17) is 28.3 Å². The minimum absolute atomic E-state index is 0.493. The van der Waals surface area contributed by atoms with Crippen LogP contribution in [0.5, 0.6) is 23.0 Å². The van der Waals surface area contributed by atoms with E-state index >= 15 is 0 Å². The molecule has 50 heavy (non-hydrogen) atoms. The SMILES string of the molecule is c1ccc2cc3c(cc2c1)sc1cc2c(cc13)Oc1cc(-c3nc4ccccc4o3)cc3c1N2c1ccc(-c2nc4ccccc4o2)cc1O3. The molecule has 0 saturated carbocycles. The minimum atomic E-state index is 0.493. The van der Waals surface area contributed by atoms with Gasteiger partial charge in [0.15, 0.2) is 34.2 Å². The van der Waals surface area contributed by atoms with Crippen molar-refractivity contribution in [3.05, 3.63) is 127 Å². The number of fused-ring (bicyclic) bond motifs is 10. The van der Waals surface area contributed by atoms with Crippen LogP contribution in [0.4, 0.5) is 17.1 Å². The maximum Gasteiger partial charge on any atom is 0.227 e. The van der Waals surface area contributed by atoms with Gasteiger partial charge in [-0.3, -0.25) is 4.90 Å². The summed E-state index contributed by atoms with van der Waals surface area (Å²) < 4.78 is 28.3. The second-order valence-corrected chi connectivity index (χ2v) is 13.7. The van der Waals surface area contributed by atoms with Crippen LogP contribution < -0.4 is 14.4 Å². The first-order chi connectivity index (χ1) is 24.7. The summed E-state index contributed by atoms with van der Waals surface area (Å²) in [5, 5.41) is 4.82. The van der Waals surface area contributed by atoms with Gasteiger partial charge >= 0.3 is 0 Å². The molecule has 8 heteroatoms. The Hall–Kier alpha value is -6.64. The number of nitrogens with zero attached hydrogens (tertiary/aromatic N) is 3. The lowest BCUT2D eigenvalue weighted by Crippen LogP contribution is -2.20. The number of aromatic nitrogens is 2. The molecule has 0 saturated heterocycles. The van der Waals surface area contributed by atoms with Crippen LogP contribution in [0, 0.1) is 0 Å². The van der Waals surface area contributed by atoms with Gasteiger partial charge in [0.1, 0.15) is 16.7 Å². The lowest BCUT2D eigenvalue weighted by Gasteiger charge is -2.38. The molecule has 0 bridgehead atoms. The Kier molecular flexibility index (Phi) is 5.00. The van der Waals surface area contributed by atoms with Crippen molar-refractivity contribution in [2.75, 3.05) is 4.90 Å². The quantitative estimate of drug-likeness (QED) is 0.182. The van der Waals surface area contributed by atoms with Crippen LogP contribution in [-0.2, 0) is 0 Å². The van der Waals surface area contributed by atoms with Crippen molar-refractivity contribution in [1.29, 1.82) is 0 Å². The van der Waals surface area contributed by atoms with Gasteiger partial charge in [-0.05, 0) is 89.6 Å². The highest BCUT2D eigenvalue weighted by molar-refractivity contribution is 7.26. The van der Waals surface area contributed by atoms with E-state index in [0.717, 1.165) is 61.5 Å². The fraction of sp³-hybridized carbons (Fsp3) is 0. The molecule has 7 aromatic carbocycles. The van der Waals surface area contributed by atoms with Crippen LogP contribution in [-0.4, -0.2) is 9.97 Å². The van der Waals surface area contributed by atoms with Gasteiger partial charge in [-0.15, -0.1) is 11.3 Å². The van der Waals surface area contributed by atoms with Gasteiger partial charge < -0.3 is 18.3 Å². The number of para-hydroxylation sites is 4. The first-order valence-corrected chi connectivity index (χ1v) is 17.1. The van der Waals surface area contributed by atoms with Crippen molar-refractivity contribution in [3.63, 3.8) is 0 Å². The van der Waals surface area contributed by atoms with E-state index in [2.05, 4.69) is 59.5 Å². The Morgan fingerprint density at radius 1 is 0.480 bits per heavy atom. The predicted molar refractivity (Wildman–Crippen MR) is 198 cm³/mol. The van der Waals surface area contributed by atoms with Gasteiger partial charge in [0.2, 0.25) is 11.8 Å². The van der Waals surface area contributed by atoms with Crippen LogP contribution in [0.3, 0.4) is 0 Å². The van der Waals surface area contributed by atoms with Crippen LogP contribution in [0.2, 0.25) is 0 Å². The Morgan fingerprint density at radius 2 is 1.06 bits per heavy atom. The molecule has 10 aromatic rings. The lowest BCUT2D eigenvalue weighted by atomic mass is 10.0. The highest BCUT2D eigenvalue weighted by Crippen LogP contribution is 2.62. The second kappa shape index (κ2) is 9.49. The molecule has 0 spiro atoms. The van der Waals surface area contributed by atoms with Crippen molar-refractivity contribution in [2.24, 2.45) is 0 Å². The highest BCUT2D eigenvalue weighted by Gasteiger charge is 2.36. The van der Waals surface area contributed by atoms with E-state index in [1.165, 1.54) is 25.6 Å². The van der Waals surface area contributed by atoms with Gasteiger partial charge in [-0.1, -0.05) is 48.5 Å². The zero-order valence-electron chi connectivity index (χ0n) is 26.0. The summed E-state index contributed by atoms with van der Waals surface area (Å²) in [5.74, 6) is 3.75. The minimum Gasteiger partial charge on any atom is -0.453 e. The molecule has 0 unspecified atom stereocenters. The third-order valence-electron chi connectivity index (χ3n) is 9.65. The predicted octanol–water partition coefficient (Wildman–Crippen LogP) is 12.5. The molecule has 0 atom stereocenters. The molecule has 5 heterocycles. The average molecular weight is 664 g/mol. The Labute approximate surface area is 287 Å². The fourth-order valence-corrected chi connectivity index (χ4v) is 8.48. The van der Waals surface area contributed by atoms with Gasteiger partial charge in [0.25, 0.3) is 0 Å². The van der Waals surface area contributed by atoms with Gasteiger partial charge in [0, 0.05) is 31.3 Å². The number of thiophene rings is 1. The normalized spacial score (nSPS) is 13.1. The van der Waals surface area contributed by atoms with Crippen molar-refractivity contribution in [1.82, 2.24) is 9.97 Å². The molecule has 234 valence electrons. The number of rotatable bonds is 2. The summed E-state index contributed by atoms with van der Waals surface area (Å²) in [6.07, 6.45) is 0. The molecular formula is C42H21N3O4S. The standard InChI is InChI=1S/C42H21N3O4S/c1-2-8-23-19-38-26(15-22(23)7-1)27-20-35-31(21-39(27)50-38)45-30-14-13-24(41-43-28-9-3-5-11-32(28)48-41)16-34(30)46-36-17-25(18-37(47-35)40(36)45)42-44-29-10-4-6-12-33(29)49-42/h1-21H. The highest BCUT2D eigenvalue weighted by atomic mass is 32.1. The molecule has 0 aliphatic carbocycles. The molecule has 2 aliphatic heterocycles. The van der Waals surface area contributed by atoms with Gasteiger partial charge in [-0.25, -0.2) is 9.97 Å². The monoisotopic (exact) mass is 663 g/mol. The number of benzene rings is 7. The number of oxazole rings is 2. The summed E-state index contributed by atoms with van der Waals surface area (Å²) in [6.45, 7) is 0. The first-order valence-electron chi connectivity index (χ1n) is 16.3. The maximum atomic E-state index is 6.80. The van der Waals surface area contributed by atoms with Crippen LogP contribution in [0.15, 0.2) is 136 Å². The summed E-state index contributed by atoms with van der Waals surface area (Å²) >= 11 is 1.80. The van der Waals surface area contributed by atoms with Crippen molar-refractivity contribution in [3.8, 4) is 45.9 Å². The van der Waals surface area contributed by atoms with Crippen molar-refractivity contribution >= 4 is 81.5 Å².